The van der Waals surface area contributed by atoms with Gasteiger partial charge < -0.3 is 71.3 Å². The zero-order valence-corrected chi connectivity index (χ0v) is 57.5. The Hall–Kier alpha value is -6.21. The van der Waals surface area contributed by atoms with Gasteiger partial charge in [0.15, 0.2) is 6.04 Å². The SMILES string of the molecule is C/C=C/C[C@@H](C)[C@@H](O)[C@@H](C(=O)O)N(C)C(=O)[C@H](C(C)C)N(C)C(=O)[C@H](CC(C)C)N(C)C(=O)[C@H](CC(C)C)N(C)C(=O)[C@@H](C)NC(=O)[C@H](C)NC(=O)[C@H](CC(C)C)N(C)C(=O)[C@@H](NC(=O)[C@H](CC(C)C)N(C)C(=O)CN(C)C(=O)[C@@H](N)CCCO)C(C)C. The molecular weight excluding hydrogens is 1130 g/mol. The van der Waals surface area contributed by atoms with E-state index in [2.05, 4.69) is 16.0 Å². The van der Waals surface area contributed by atoms with Gasteiger partial charge in [-0.05, 0) is 107 Å². The van der Waals surface area contributed by atoms with Gasteiger partial charge in [0.2, 0.25) is 59.1 Å². The maximum absolute atomic E-state index is 14.8. The highest BCUT2D eigenvalue weighted by Crippen LogP contribution is 2.25. The first-order chi connectivity index (χ1) is 40.5. The summed E-state index contributed by atoms with van der Waals surface area (Å²) in [5.41, 5.74) is 5.99. The molecule has 12 atom stereocenters. The van der Waals surface area contributed by atoms with Crippen LogP contribution in [0.15, 0.2) is 12.2 Å². The van der Waals surface area contributed by atoms with E-state index in [0.717, 1.165) is 4.90 Å². The lowest BCUT2D eigenvalue weighted by Gasteiger charge is -2.41. The van der Waals surface area contributed by atoms with Gasteiger partial charge in [-0.2, -0.15) is 0 Å². The Kier molecular flexibility index (Phi) is 35.7. The van der Waals surface area contributed by atoms with E-state index in [1.807, 2.05) is 55.4 Å². The van der Waals surface area contributed by atoms with Crippen molar-refractivity contribution < 1.29 is 68.1 Å². The van der Waals surface area contributed by atoms with Crippen LogP contribution in [0.5, 0.6) is 0 Å². The van der Waals surface area contributed by atoms with Crippen LogP contribution in [0.1, 0.15) is 156 Å². The van der Waals surface area contributed by atoms with Crippen molar-refractivity contribution in [3.05, 3.63) is 12.2 Å². The molecule has 0 rings (SSSR count). The van der Waals surface area contributed by atoms with Gasteiger partial charge in [0.1, 0.15) is 48.3 Å². The molecule has 0 fully saturated rings. The number of hydrogen-bond donors (Lipinski definition) is 7. The van der Waals surface area contributed by atoms with Crippen LogP contribution in [0.4, 0.5) is 0 Å². The normalized spacial score (nSPS) is 15.9. The number of carboxylic acid groups (broad SMARTS) is 1. The third-order valence-corrected chi connectivity index (χ3v) is 16.0. The van der Waals surface area contributed by atoms with Crippen LogP contribution in [0.3, 0.4) is 0 Å². The summed E-state index contributed by atoms with van der Waals surface area (Å²) in [5, 5.41) is 38.8. The number of carbonyl (C=O) groups excluding carboxylic acids is 10. The summed E-state index contributed by atoms with van der Waals surface area (Å²) in [6.45, 7) is 27.5. The number of amides is 10. The van der Waals surface area contributed by atoms with Crippen molar-refractivity contribution in [3.63, 3.8) is 0 Å². The molecular formula is C63H115N11O14. The number of aliphatic carboxylic acids is 1. The Balaban J connectivity index is 6.71. The quantitative estimate of drug-likeness (QED) is 0.0437. The second-order valence-corrected chi connectivity index (χ2v) is 26.4. The molecule has 10 amide bonds. The molecule has 0 heterocycles. The van der Waals surface area contributed by atoms with Gasteiger partial charge in [-0.15, -0.1) is 0 Å². The molecule has 8 N–H and O–H groups in total. The van der Waals surface area contributed by atoms with Crippen molar-refractivity contribution in [1.82, 2.24) is 50.2 Å². The fourth-order valence-electron chi connectivity index (χ4n) is 10.5. The third kappa shape index (κ3) is 24.6. The molecule has 0 saturated carbocycles. The number of nitrogens with two attached hydrogens (primary N) is 1. The number of aliphatic hydroxyl groups is 2. The summed E-state index contributed by atoms with van der Waals surface area (Å²) >= 11 is 0. The van der Waals surface area contributed by atoms with Gasteiger partial charge in [0.05, 0.1) is 18.7 Å². The largest absolute Gasteiger partial charge is 0.480 e. The lowest BCUT2D eigenvalue weighted by Crippen LogP contribution is -2.62. The molecule has 0 saturated heterocycles. The van der Waals surface area contributed by atoms with Crippen LogP contribution < -0.4 is 21.7 Å². The standard InChI is InChI=1S/C63H115N11O14/c1-24-25-27-41(14)53(77)52(63(87)88)74(23)62(86)51(40(12)13)73(22)60(84)48(33-38(8)9)72(21)59(83)47(32-37(6)7)71(20)57(81)43(16)66-54(78)42(15)65-55(79)46(31-36(4)5)70(19)61(85)50(39(10)11)67-56(80)45(30-35(2)3)69(18)49(76)34-68(17)58(82)44(64)28-26-29-75/h24-25,35-48,50-53,75,77H,26-34,64H2,1-23H3,(H,65,79)(H,66,78)(H,67,80)(H,87,88)/b25-24+/t41-,42+,43-,44+,45+,46+,47+,48+,50+,51+,52+,53-/m1/s1. The first-order valence-corrected chi connectivity index (χ1v) is 31.2. The maximum Gasteiger partial charge on any atom is 0.329 e. The van der Waals surface area contributed by atoms with E-state index in [4.69, 9.17) is 10.8 Å². The lowest BCUT2D eigenvalue weighted by atomic mass is 9.92. The number of carbonyl (C=O) groups is 11. The van der Waals surface area contributed by atoms with E-state index >= 15 is 0 Å². The van der Waals surface area contributed by atoms with Crippen molar-refractivity contribution in [3.8, 4) is 0 Å². The molecule has 25 heteroatoms. The van der Waals surface area contributed by atoms with Gasteiger partial charge in [0, 0.05) is 55.9 Å². The predicted octanol–water partition coefficient (Wildman–Crippen LogP) is 2.54. The van der Waals surface area contributed by atoms with E-state index < -0.39 is 149 Å². The van der Waals surface area contributed by atoms with Crippen LogP contribution in [0.25, 0.3) is 0 Å². The topological polar surface area (TPSA) is 333 Å². The highest BCUT2D eigenvalue weighted by Gasteiger charge is 2.45. The van der Waals surface area contributed by atoms with E-state index in [-0.39, 0.29) is 68.9 Å². The first kappa shape index (κ1) is 81.8. The minimum atomic E-state index is -1.63. The molecule has 506 valence electrons. The number of aliphatic hydroxyl groups excluding tert-OH is 2. The minimum Gasteiger partial charge on any atom is -0.480 e. The molecule has 0 aromatic carbocycles. The van der Waals surface area contributed by atoms with Crippen molar-refractivity contribution in [2.24, 2.45) is 47.2 Å². The fraction of sp³-hybridized carbons (Fsp3) is 0.794. The van der Waals surface area contributed by atoms with E-state index in [0.29, 0.717) is 12.8 Å². The molecule has 0 unspecified atom stereocenters. The van der Waals surface area contributed by atoms with E-state index in [9.17, 15) is 63.0 Å². The monoisotopic (exact) mass is 1250 g/mol. The van der Waals surface area contributed by atoms with E-state index in [1.54, 1.807) is 53.7 Å². The van der Waals surface area contributed by atoms with Crippen molar-refractivity contribution in [2.75, 3.05) is 62.5 Å². The number of likely N-dealkylation sites (N-methyl/N-ethyl adjacent to an activating group) is 7. The molecule has 0 aliphatic heterocycles. The van der Waals surface area contributed by atoms with E-state index in [1.165, 1.54) is 92.6 Å². The highest BCUT2D eigenvalue weighted by atomic mass is 16.4. The van der Waals surface area contributed by atoms with Gasteiger partial charge in [-0.1, -0.05) is 102 Å². The van der Waals surface area contributed by atoms with Crippen LogP contribution in [0, 0.1) is 41.4 Å². The summed E-state index contributed by atoms with van der Waals surface area (Å²) < 4.78 is 0. The molecule has 0 aliphatic rings. The molecule has 0 spiro atoms. The average Bonchev–Trinajstić information content (AvgIpc) is 1.50. The summed E-state index contributed by atoms with van der Waals surface area (Å²) in [7, 11) is 9.84. The van der Waals surface area contributed by atoms with Crippen LogP contribution in [-0.2, 0) is 52.7 Å². The minimum absolute atomic E-state index is 0.0836. The molecule has 0 aromatic heterocycles. The number of nitrogens with one attached hydrogen (secondary N) is 3. The fourth-order valence-corrected chi connectivity index (χ4v) is 10.5. The molecule has 0 aliphatic carbocycles. The van der Waals surface area contributed by atoms with Crippen molar-refractivity contribution in [1.29, 1.82) is 0 Å². The number of rotatable bonds is 38. The first-order valence-electron chi connectivity index (χ1n) is 31.2. The van der Waals surface area contributed by atoms with Crippen LogP contribution in [0.2, 0.25) is 0 Å². The number of carboxylic acids is 1. The van der Waals surface area contributed by atoms with Crippen molar-refractivity contribution in [2.45, 2.75) is 222 Å². The Morgan fingerprint density at radius 3 is 1.32 bits per heavy atom. The van der Waals surface area contributed by atoms with Gasteiger partial charge in [-0.25, -0.2) is 4.79 Å². The molecule has 88 heavy (non-hydrogen) atoms. The molecule has 0 bridgehead atoms. The summed E-state index contributed by atoms with van der Waals surface area (Å²) in [4.78, 5) is 162. The number of allylic oxidation sites excluding steroid dienone is 2. The summed E-state index contributed by atoms with van der Waals surface area (Å²) in [5.74, 6) is -9.88. The Labute approximate surface area is 525 Å². The van der Waals surface area contributed by atoms with Gasteiger partial charge >= 0.3 is 5.97 Å². The molecule has 0 radical (unpaired) electrons. The third-order valence-electron chi connectivity index (χ3n) is 16.0. The van der Waals surface area contributed by atoms with Gasteiger partial charge in [0.25, 0.3) is 0 Å². The Morgan fingerprint density at radius 1 is 0.477 bits per heavy atom. The van der Waals surface area contributed by atoms with Crippen LogP contribution >= 0.6 is 0 Å². The second-order valence-electron chi connectivity index (χ2n) is 26.4. The van der Waals surface area contributed by atoms with Crippen molar-refractivity contribution >= 4 is 65.0 Å². The number of nitrogens with zero attached hydrogens (tertiary/aromatic N) is 7. The summed E-state index contributed by atoms with van der Waals surface area (Å²) in [6, 6.07) is -11.9. The van der Waals surface area contributed by atoms with Crippen LogP contribution in [-0.4, -0.2) is 244 Å². The summed E-state index contributed by atoms with van der Waals surface area (Å²) in [6.07, 6.45) is 3.64. The Bertz CT molecular complexity index is 2350. The molecule has 25 nitrogen and oxygen atoms in total. The number of hydrogen-bond acceptors (Lipinski definition) is 14. The Morgan fingerprint density at radius 2 is 0.886 bits per heavy atom. The zero-order valence-electron chi connectivity index (χ0n) is 57.5. The highest BCUT2D eigenvalue weighted by molar-refractivity contribution is 5.98. The second kappa shape index (κ2) is 38.4. The zero-order chi connectivity index (χ0) is 68.7. The van der Waals surface area contributed by atoms with Gasteiger partial charge in [-0.3, -0.25) is 47.9 Å². The lowest BCUT2D eigenvalue weighted by molar-refractivity contribution is -0.161. The predicted molar refractivity (Wildman–Crippen MR) is 338 cm³/mol. The maximum atomic E-state index is 14.8. The molecule has 0 aromatic rings. The smallest absolute Gasteiger partial charge is 0.329 e. The average molecular weight is 1250 g/mol.